The van der Waals surface area contributed by atoms with E-state index >= 15 is 0 Å². The number of carbonyl (C=O) groups excluding carboxylic acids is 1. The molecule has 0 bridgehead atoms. The van der Waals surface area contributed by atoms with Crippen molar-refractivity contribution in [3.05, 3.63) is 47.2 Å². The Morgan fingerprint density at radius 1 is 1.28 bits per heavy atom. The number of nitrogens with zero attached hydrogens (tertiary/aromatic N) is 1. The zero-order valence-electron chi connectivity index (χ0n) is 15.2. The number of hydrogen-bond acceptors (Lipinski definition) is 4. The molecule has 0 fully saturated rings. The minimum atomic E-state index is -0.942. The molecule has 2 aromatic rings. The highest BCUT2D eigenvalue weighted by Crippen LogP contribution is 2.25. The maximum absolute atomic E-state index is 11.2. The fourth-order valence-electron chi connectivity index (χ4n) is 2.47. The third-order valence-electron chi connectivity index (χ3n) is 4.06. The molecule has 0 aliphatic heterocycles. The number of pyridine rings is 1. The largest absolute Gasteiger partial charge is 0.481 e. The molecule has 0 spiro atoms. The average molecular weight is 341 g/mol. The molecule has 0 aliphatic carbocycles. The fraction of sp³-hybridized carbons (Fsp3) is 0.350. The normalized spacial score (nSPS) is 13.2. The molecule has 25 heavy (non-hydrogen) atoms. The van der Waals surface area contributed by atoms with Crippen molar-refractivity contribution in [3.8, 4) is 0 Å². The number of aliphatic carboxylic acids is 1. The van der Waals surface area contributed by atoms with Gasteiger partial charge in [-0.25, -0.2) is 4.98 Å². The summed E-state index contributed by atoms with van der Waals surface area (Å²) in [5.74, 6) is -1.23. The summed E-state index contributed by atoms with van der Waals surface area (Å²) >= 11 is 0. The number of hydrogen-bond donors (Lipinski definition) is 1. The first-order valence-electron chi connectivity index (χ1n) is 8.11. The molecule has 1 aromatic heterocycles. The highest BCUT2D eigenvalue weighted by molar-refractivity contribution is 5.85. The van der Waals surface area contributed by atoms with Gasteiger partial charge in [0.15, 0.2) is 0 Å². The molecule has 5 nitrogen and oxygen atoms in total. The van der Waals surface area contributed by atoms with Crippen LogP contribution < -0.4 is 0 Å². The van der Waals surface area contributed by atoms with Crippen LogP contribution in [0.2, 0.25) is 0 Å². The van der Waals surface area contributed by atoms with Crippen molar-refractivity contribution in [2.75, 3.05) is 0 Å². The quantitative estimate of drug-likeness (QED) is 0.821. The monoisotopic (exact) mass is 341 g/mol. The van der Waals surface area contributed by atoms with Crippen molar-refractivity contribution in [3.63, 3.8) is 0 Å². The summed E-state index contributed by atoms with van der Waals surface area (Å²) in [6, 6.07) is 7.71. The topological polar surface area (TPSA) is 76.5 Å². The number of carbonyl (C=O) groups is 2. The second-order valence-corrected chi connectivity index (χ2v) is 6.75. The highest BCUT2D eigenvalue weighted by Gasteiger charge is 2.23. The van der Waals surface area contributed by atoms with Crippen LogP contribution in [0.3, 0.4) is 0 Å². The molecule has 0 saturated heterocycles. The molecule has 1 aromatic carbocycles. The first-order valence-corrected chi connectivity index (χ1v) is 8.11. The van der Waals surface area contributed by atoms with Gasteiger partial charge in [-0.3, -0.25) is 9.59 Å². The molecule has 5 heteroatoms. The second kappa shape index (κ2) is 7.05. The van der Waals surface area contributed by atoms with E-state index in [9.17, 15) is 14.7 Å². The Balaban J connectivity index is 2.43. The number of ether oxygens (including phenoxy) is 1. The smallest absolute Gasteiger partial charge is 0.312 e. The van der Waals surface area contributed by atoms with E-state index < -0.39 is 17.5 Å². The Labute approximate surface area is 147 Å². The molecule has 0 saturated carbocycles. The van der Waals surface area contributed by atoms with Gasteiger partial charge in [-0.05, 0) is 51.0 Å². The Morgan fingerprint density at radius 3 is 2.56 bits per heavy atom. The van der Waals surface area contributed by atoms with Gasteiger partial charge in [0, 0.05) is 12.3 Å². The summed E-state index contributed by atoms with van der Waals surface area (Å²) in [5.41, 5.74) is 2.44. The van der Waals surface area contributed by atoms with Crippen LogP contribution >= 0.6 is 0 Å². The van der Waals surface area contributed by atoms with Crippen LogP contribution in [0.15, 0.2) is 30.3 Å². The van der Waals surface area contributed by atoms with E-state index in [1.807, 2.05) is 31.2 Å². The zero-order valence-corrected chi connectivity index (χ0v) is 15.2. The molecule has 1 heterocycles. The first kappa shape index (κ1) is 18.6. The maximum Gasteiger partial charge on any atom is 0.312 e. The zero-order chi connectivity index (χ0) is 18.8. The van der Waals surface area contributed by atoms with Crippen LogP contribution in [0.4, 0.5) is 0 Å². The maximum atomic E-state index is 11.2. The first-order chi connectivity index (χ1) is 11.6. The van der Waals surface area contributed by atoms with Gasteiger partial charge in [-0.2, -0.15) is 0 Å². The lowest BCUT2D eigenvalue weighted by Gasteiger charge is -2.14. The van der Waals surface area contributed by atoms with E-state index in [1.54, 1.807) is 32.9 Å². The number of carboxylic acids is 1. The van der Waals surface area contributed by atoms with Crippen molar-refractivity contribution >= 4 is 28.9 Å². The van der Waals surface area contributed by atoms with Gasteiger partial charge in [0.05, 0.1) is 16.6 Å². The minimum Gasteiger partial charge on any atom is -0.481 e. The van der Waals surface area contributed by atoms with Gasteiger partial charge in [-0.1, -0.05) is 24.3 Å². The molecule has 0 radical (unpaired) electrons. The number of benzene rings is 1. The molecule has 2 rings (SSSR count). The SMILES string of the molecule is CC(=O)OC(C)c1ccc2c(C)cc(C=CC(C)(C)C(=O)O)cc2n1. The third-order valence-corrected chi connectivity index (χ3v) is 4.06. The number of rotatable bonds is 5. The van der Waals surface area contributed by atoms with E-state index in [0.717, 1.165) is 22.0 Å². The minimum absolute atomic E-state index is 0.349. The molecule has 0 aliphatic rings. The van der Waals surface area contributed by atoms with E-state index in [2.05, 4.69) is 4.98 Å². The number of aromatic nitrogens is 1. The van der Waals surface area contributed by atoms with E-state index in [-0.39, 0.29) is 5.97 Å². The predicted octanol–water partition coefficient (Wildman–Crippen LogP) is 4.29. The van der Waals surface area contributed by atoms with E-state index in [4.69, 9.17) is 4.74 Å². The van der Waals surface area contributed by atoms with Crippen LogP contribution in [0, 0.1) is 12.3 Å². The molecule has 1 atom stereocenters. The Morgan fingerprint density at radius 2 is 1.96 bits per heavy atom. The lowest BCUT2D eigenvalue weighted by atomic mass is 9.92. The molecule has 132 valence electrons. The van der Waals surface area contributed by atoms with Crippen molar-refractivity contribution in [1.82, 2.24) is 4.98 Å². The summed E-state index contributed by atoms with van der Waals surface area (Å²) < 4.78 is 5.18. The second-order valence-electron chi connectivity index (χ2n) is 6.75. The van der Waals surface area contributed by atoms with Crippen molar-refractivity contribution in [2.45, 2.75) is 40.7 Å². The van der Waals surface area contributed by atoms with Crippen molar-refractivity contribution in [1.29, 1.82) is 0 Å². The van der Waals surface area contributed by atoms with Gasteiger partial charge < -0.3 is 9.84 Å². The number of aryl methyl sites for hydroxylation is 1. The summed E-state index contributed by atoms with van der Waals surface area (Å²) in [5, 5.41) is 10.2. The molecular weight excluding hydrogens is 318 g/mol. The lowest BCUT2D eigenvalue weighted by Crippen LogP contribution is -2.20. The van der Waals surface area contributed by atoms with Crippen LogP contribution in [0.25, 0.3) is 17.0 Å². The Hall–Kier alpha value is -2.69. The summed E-state index contributed by atoms with van der Waals surface area (Å²) in [4.78, 5) is 27.0. The van der Waals surface area contributed by atoms with Crippen LogP contribution in [0.5, 0.6) is 0 Å². The van der Waals surface area contributed by atoms with E-state index in [1.165, 1.54) is 6.92 Å². The standard InChI is InChI=1S/C20H23NO4/c1-12-10-15(8-9-20(4,5)19(23)24)11-18-16(12)6-7-17(21-18)13(2)25-14(3)22/h6-11,13H,1-5H3,(H,23,24). The highest BCUT2D eigenvalue weighted by atomic mass is 16.5. The van der Waals surface area contributed by atoms with Gasteiger partial charge in [-0.15, -0.1) is 0 Å². The van der Waals surface area contributed by atoms with Gasteiger partial charge in [0.1, 0.15) is 6.10 Å². The predicted molar refractivity (Wildman–Crippen MR) is 97.1 cm³/mol. The summed E-state index contributed by atoms with van der Waals surface area (Å²) in [7, 11) is 0. The van der Waals surface area contributed by atoms with Gasteiger partial charge in [0.25, 0.3) is 0 Å². The summed E-state index contributed by atoms with van der Waals surface area (Å²) in [6.45, 7) is 8.43. The number of fused-ring (bicyclic) bond motifs is 1. The van der Waals surface area contributed by atoms with Crippen molar-refractivity contribution in [2.24, 2.45) is 5.41 Å². The molecule has 0 amide bonds. The summed E-state index contributed by atoms with van der Waals surface area (Å²) in [6.07, 6.45) is 3.04. The Kier molecular flexibility index (Phi) is 5.26. The van der Waals surface area contributed by atoms with E-state index in [0.29, 0.717) is 5.69 Å². The van der Waals surface area contributed by atoms with Crippen LogP contribution in [0.1, 0.15) is 50.6 Å². The van der Waals surface area contributed by atoms with Gasteiger partial charge >= 0.3 is 11.9 Å². The molecule has 1 unspecified atom stereocenters. The van der Waals surface area contributed by atoms with Crippen LogP contribution in [-0.4, -0.2) is 22.0 Å². The fourth-order valence-corrected chi connectivity index (χ4v) is 2.47. The van der Waals surface area contributed by atoms with Crippen molar-refractivity contribution < 1.29 is 19.4 Å². The molecule has 1 N–H and O–H groups in total. The van der Waals surface area contributed by atoms with Crippen LogP contribution in [-0.2, 0) is 14.3 Å². The third kappa shape index (κ3) is 4.44. The lowest BCUT2D eigenvalue weighted by molar-refractivity contribution is -0.146. The van der Waals surface area contributed by atoms with Gasteiger partial charge in [0.2, 0.25) is 0 Å². The molecular formula is C20H23NO4. The Bertz CT molecular complexity index is 852. The average Bonchev–Trinajstić information content (AvgIpc) is 2.51. The number of carboxylic acid groups (broad SMARTS) is 1. The number of esters is 1.